The predicted octanol–water partition coefficient (Wildman–Crippen LogP) is 4.58. The molecule has 0 saturated heterocycles. The normalized spacial score (nSPS) is 12.1. The largest absolute Gasteiger partial charge is 0.365 e. The molecule has 0 radical (unpaired) electrons. The molecule has 86 valence electrons. The van der Waals surface area contributed by atoms with Crippen LogP contribution in [0.15, 0.2) is 16.6 Å². The van der Waals surface area contributed by atoms with Crippen molar-refractivity contribution in [1.82, 2.24) is 4.98 Å². The number of aromatic nitrogens is 1. The van der Waals surface area contributed by atoms with Crippen molar-refractivity contribution in [1.29, 1.82) is 0 Å². The number of rotatable bonds is 1. The Balaban J connectivity index is 2.49. The van der Waals surface area contributed by atoms with Crippen LogP contribution < -0.4 is 5.32 Å². The third kappa shape index (κ3) is 2.55. The van der Waals surface area contributed by atoms with Gasteiger partial charge in [0.15, 0.2) is 0 Å². The van der Waals surface area contributed by atoms with Gasteiger partial charge in [-0.1, -0.05) is 0 Å². The fourth-order valence-corrected chi connectivity index (χ4v) is 3.07. The van der Waals surface area contributed by atoms with Gasteiger partial charge in [0.1, 0.15) is 5.82 Å². The Bertz CT molecular complexity index is 526. The van der Waals surface area contributed by atoms with Crippen molar-refractivity contribution in [3.05, 3.63) is 21.5 Å². The van der Waals surface area contributed by atoms with Gasteiger partial charge in [-0.05, 0) is 55.8 Å². The fourth-order valence-electron chi connectivity index (χ4n) is 1.55. The van der Waals surface area contributed by atoms with Gasteiger partial charge in [-0.2, -0.15) is 0 Å². The van der Waals surface area contributed by atoms with Gasteiger partial charge in [-0.15, -0.1) is 11.3 Å². The van der Waals surface area contributed by atoms with Crippen molar-refractivity contribution in [2.75, 3.05) is 5.32 Å². The molecule has 0 amide bonds. The average molecular weight is 299 g/mol. The minimum absolute atomic E-state index is 0.0329. The first kappa shape index (κ1) is 11.9. The SMILES string of the molecule is Cc1cc2nc(NC(C)(C)C)cc(Br)c2s1. The zero-order chi connectivity index (χ0) is 11.9. The van der Waals surface area contributed by atoms with E-state index in [-0.39, 0.29) is 5.54 Å². The lowest BCUT2D eigenvalue weighted by molar-refractivity contribution is 0.631. The molecule has 2 rings (SSSR count). The molecule has 0 unspecified atom stereocenters. The number of nitrogens with zero attached hydrogens (tertiary/aromatic N) is 1. The molecule has 0 aliphatic rings. The molecule has 4 heteroatoms. The monoisotopic (exact) mass is 298 g/mol. The van der Waals surface area contributed by atoms with Crippen LogP contribution in [-0.4, -0.2) is 10.5 Å². The van der Waals surface area contributed by atoms with Gasteiger partial charge in [-0.3, -0.25) is 0 Å². The summed E-state index contributed by atoms with van der Waals surface area (Å²) < 4.78 is 2.33. The smallest absolute Gasteiger partial charge is 0.128 e. The van der Waals surface area contributed by atoms with E-state index in [0.29, 0.717) is 0 Å². The minimum atomic E-state index is 0.0329. The number of anilines is 1. The lowest BCUT2D eigenvalue weighted by Gasteiger charge is -2.21. The summed E-state index contributed by atoms with van der Waals surface area (Å²) in [4.78, 5) is 5.90. The van der Waals surface area contributed by atoms with Gasteiger partial charge in [0, 0.05) is 14.9 Å². The Morgan fingerprint density at radius 2 is 2.00 bits per heavy atom. The summed E-state index contributed by atoms with van der Waals surface area (Å²) in [6.45, 7) is 8.50. The maximum atomic E-state index is 4.61. The highest BCUT2D eigenvalue weighted by atomic mass is 79.9. The first-order chi connectivity index (χ1) is 7.35. The first-order valence-corrected chi connectivity index (χ1v) is 6.81. The molecule has 0 aliphatic heterocycles. The van der Waals surface area contributed by atoms with Crippen molar-refractivity contribution < 1.29 is 0 Å². The number of hydrogen-bond donors (Lipinski definition) is 1. The third-order valence-corrected chi connectivity index (χ3v) is 4.02. The average Bonchev–Trinajstić information content (AvgIpc) is 2.42. The molecular formula is C12H15BrN2S. The zero-order valence-corrected chi connectivity index (χ0v) is 12.3. The summed E-state index contributed by atoms with van der Waals surface area (Å²) in [5, 5.41) is 3.39. The van der Waals surface area contributed by atoms with E-state index in [1.165, 1.54) is 9.58 Å². The Labute approximate surface area is 108 Å². The summed E-state index contributed by atoms with van der Waals surface area (Å²) in [6.07, 6.45) is 0. The van der Waals surface area contributed by atoms with E-state index in [1.54, 1.807) is 11.3 Å². The molecule has 0 atom stereocenters. The van der Waals surface area contributed by atoms with E-state index in [4.69, 9.17) is 0 Å². The van der Waals surface area contributed by atoms with E-state index < -0.39 is 0 Å². The van der Waals surface area contributed by atoms with Crippen LogP contribution in [0.4, 0.5) is 5.82 Å². The highest BCUT2D eigenvalue weighted by molar-refractivity contribution is 9.10. The van der Waals surface area contributed by atoms with Crippen molar-refractivity contribution in [2.24, 2.45) is 0 Å². The predicted molar refractivity (Wildman–Crippen MR) is 75.4 cm³/mol. The van der Waals surface area contributed by atoms with Crippen LogP contribution in [0.5, 0.6) is 0 Å². The summed E-state index contributed by atoms with van der Waals surface area (Å²) in [6, 6.07) is 4.17. The van der Waals surface area contributed by atoms with Gasteiger partial charge in [0.25, 0.3) is 0 Å². The van der Waals surface area contributed by atoms with Gasteiger partial charge in [0.2, 0.25) is 0 Å². The summed E-state index contributed by atoms with van der Waals surface area (Å²) in [5.41, 5.74) is 1.09. The molecular weight excluding hydrogens is 284 g/mol. The number of pyridine rings is 1. The fraction of sp³-hybridized carbons (Fsp3) is 0.417. The second kappa shape index (κ2) is 4.00. The zero-order valence-electron chi connectivity index (χ0n) is 9.89. The molecule has 16 heavy (non-hydrogen) atoms. The van der Waals surface area contributed by atoms with Crippen LogP contribution >= 0.6 is 27.3 Å². The van der Waals surface area contributed by atoms with Crippen LogP contribution in [0.1, 0.15) is 25.6 Å². The van der Waals surface area contributed by atoms with Crippen LogP contribution in [0.3, 0.4) is 0 Å². The van der Waals surface area contributed by atoms with E-state index in [9.17, 15) is 0 Å². The molecule has 2 aromatic heterocycles. The molecule has 0 aliphatic carbocycles. The second-order valence-electron chi connectivity index (χ2n) is 4.94. The van der Waals surface area contributed by atoms with E-state index >= 15 is 0 Å². The van der Waals surface area contributed by atoms with Gasteiger partial charge in [0.05, 0.1) is 10.2 Å². The van der Waals surface area contributed by atoms with Crippen molar-refractivity contribution in [2.45, 2.75) is 33.2 Å². The number of thiophene rings is 1. The highest BCUT2D eigenvalue weighted by Gasteiger charge is 2.12. The molecule has 2 heterocycles. The number of halogens is 1. The van der Waals surface area contributed by atoms with E-state index in [1.807, 2.05) is 6.07 Å². The summed E-state index contributed by atoms with van der Waals surface area (Å²) >= 11 is 5.37. The van der Waals surface area contributed by atoms with Crippen LogP contribution in [0, 0.1) is 6.92 Å². The standard InChI is InChI=1S/C12H15BrN2S/c1-7-5-9-11(16-7)8(13)6-10(14-9)15-12(2,3)4/h5-6H,1-4H3,(H,14,15). The Hall–Kier alpha value is -0.610. The molecule has 1 N–H and O–H groups in total. The Kier molecular flexibility index (Phi) is 2.97. The van der Waals surface area contributed by atoms with Crippen molar-refractivity contribution >= 4 is 43.3 Å². The molecule has 0 bridgehead atoms. The molecule has 0 spiro atoms. The van der Waals surface area contributed by atoms with Crippen LogP contribution in [0.25, 0.3) is 10.2 Å². The van der Waals surface area contributed by atoms with Gasteiger partial charge >= 0.3 is 0 Å². The van der Waals surface area contributed by atoms with Crippen LogP contribution in [-0.2, 0) is 0 Å². The van der Waals surface area contributed by atoms with E-state index in [2.05, 4.69) is 60.0 Å². The maximum absolute atomic E-state index is 4.61. The lowest BCUT2D eigenvalue weighted by Crippen LogP contribution is -2.26. The molecule has 0 aromatic carbocycles. The second-order valence-corrected chi connectivity index (χ2v) is 7.05. The van der Waals surface area contributed by atoms with Crippen molar-refractivity contribution in [3.8, 4) is 0 Å². The molecule has 0 fully saturated rings. The highest BCUT2D eigenvalue weighted by Crippen LogP contribution is 2.32. The number of fused-ring (bicyclic) bond motifs is 1. The maximum Gasteiger partial charge on any atom is 0.128 e. The number of nitrogens with one attached hydrogen (secondary N) is 1. The molecule has 2 nitrogen and oxygen atoms in total. The lowest BCUT2D eigenvalue weighted by atomic mass is 10.1. The van der Waals surface area contributed by atoms with Crippen LogP contribution in [0.2, 0.25) is 0 Å². The molecule has 0 saturated carbocycles. The Morgan fingerprint density at radius 3 is 2.62 bits per heavy atom. The number of hydrogen-bond acceptors (Lipinski definition) is 3. The topological polar surface area (TPSA) is 24.9 Å². The summed E-state index contributed by atoms with van der Waals surface area (Å²) in [7, 11) is 0. The quantitative estimate of drug-likeness (QED) is 0.834. The Morgan fingerprint density at radius 1 is 1.31 bits per heavy atom. The first-order valence-electron chi connectivity index (χ1n) is 5.20. The van der Waals surface area contributed by atoms with E-state index in [0.717, 1.165) is 15.8 Å². The number of aryl methyl sites for hydroxylation is 1. The summed E-state index contributed by atoms with van der Waals surface area (Å²) in [5.74, 6) is 0.921. The minimum Gasteiger partial charge on any atom is -0.365 e. The third-order valence-electron chi connectivity index (χ3n) is 2.06. The van der Waals surface area contributed by atoms with Gasteiger partial charge in [-0.25, -0.2) is 4.98 Å². The van der Waals surface area contributed by atoms with Crippen molar-refractivity contribution in [3.63, 3.8) is 0 Å². The van der Waals surface area contributed by atoms with Gasteiger partial charge < -0.3 is 5.32 Å². The molecule has 2 aromatic rings.